The van der Waals surface area contributed by atoms with Crippen LogP contribution in [0.2, 0.25) is 5.02 Å². The number of rotatable bonds is 4. The van der Waals surface area contributed by atoms with Crippen LogP contribution in [0.4, 0.5) is 0 Å². The zero-order chi connectivity index (χ0) is 15.0. The standard InChI is InChI=1S/C19H22ClN/c1-12-8-13(2)19(14(3)9-12)17-7-4-15(10-18(17)20)11-21-16-5-6-16/h4,7-10,16,21H,5-6,11H2,1-3H3. The van der Waals surface area contributed by atoms with Gasteiger partial charge in [0.2, 0.25) is 0 Å². The fraction of sp³-hybridized carbons (Fsp3) is 0.368. The summed E-state index contributed by atoms with van der Waals surface area (Å²) in [5, 5.41) is 4.38. The third kappa shape index (κ3) is 3.30. The number of hydrogen-bond donors (Lipinski definition) is 1. The topological polar surface area (TPSA) is 12.0 Å². The van der Waals surface area contributed by atoms with Crippen molar-refractivity contribution in [2.24, 2.45) is 0 Å². The molecule has 0 aromatic heterocycles. The molecule has 2 aromatic rings. The van der Waals surface area contributed by atoms with E-state index in [4.69, 9.17) is 11.6 Å². The van der Waals surface area contributed by atoms with Gasteiger partial charge in [-0.25, -0.2) is 0 Å². The molecule has 3 rings (SSSR count). The minimum absolute atomic E-state index is 0.727. The Morgan fingerprint density at radius 2 is 1.71 bits per heavy atom. The predicted octanol–water partition coefficient (Wildman–Crippen LogP) is 5.18. The normalized spacial score (nSPS) is 14.5. The molecule has 0 amide bonds. The van der Waals surface area contributed by atoms with E-state index >= 15 is 0 Å². The highest BCUT2D eigenvalue weighted by Gasteiger charge is 2.20. The van der Waals surface area contributed by atoms with Crippen LogP contribution in [-0.2, 0) is 6.54 Å². The van der Waals surface area contributed by atoms with E-state index < -0.39 is 0 Å². The zero-order valence-corrected chi connectivity index (χ0v) is 13.7. The van der Waals surface area contributed by atoms with Crippen molar-refractivity contribution in [2.75, 3.05) is 0 Å². The van der Waals surface area contributed by atoms with Gasteiger partial charge in [-0.05, 0) is 61.9 Å². The van der Waals surface area contributed by atoms with E-state index in [2.05, 4.69) is 56.4 Å². The predicted molar refractivity (Wildman–Crippen MR) is 91.0 cm³/mol. The van der Waals surface area contributed by atoms with Crippen LogP contribution in [0.5, 0.6) is 0 Å². The molecular formula is C19H22ClN. The average Bonchev–Trinajstić information content (AvgIpc) is 3.21. The van der Waals surface area contributed by atoms with Gasteiger partial charge < -0.3 is 5.32 Å². The van der Waals surface area contributed by atoms with Crippen LogP contribution >= 0.6 is 11.6 Å². The molecule has 0 bridgehead atoms. The van der Waals surface area contributed by atoms with Crippen LogP contribution in [0.15, 0.2) is 30.3 Å². The van der Waals surface area contributed by atoms with Gasteiger partial charge in [0.05, 0.1) is 0 Å². The van der Waals surface area contributed by atoms with Gasteiger partial charge in [-0.3, -0.25) is 0 Å². The van der Waals surface area contributed by atoms with Crippen molar-refractivity contribution in [2.45, 2.75) is 46.2 Å². The highest BCUT2D eigenvalue weighted by Crippen LogP contribution is 2.34. The van der Waals surface area contributed by atoms with Crippen LogP contribution in [0.1, 0.15) is 35.1 Å². The summed E-state index contributed by atoms with van der Waals surface area (Å²) < 4.78 is 0. The summed E-state index contributed by atoms with van der Waals surface area (Å²) in [7, 11) is 0. The van der Waals surface area contributed by atoms with Gasteiger partial charge in [0, 0.05) is 23.2 Å². The van der Waals surface area contributed by atoms with Gasteiger partial charge in [0.1, 0.15) is 0 Å². The maximum Gasteiger partial charge on any atom is 0.0487 e. The van der Waals surface area contributed by atoms with Crippen molar-refractivity contribution in [1.82, 2.24) is 5.32 Å². The lowest BCUT2D eigenvalue weighted by Gasteiger charge is -2.14. The van der Waals surface area contributed by atoms with Crippen molar-refractivity contribution >= 4 is 11.6 Å². The van der Waals surface area contributed by atoms with Crippen molar-refractivity contribution in [1.29, 1.82) is 0 Å². The van der Waals surface area contributed by atoms with Crippen LogP contribution in [-0.4, -0.2) is 6.04 Å². The first-order chi connectivity index (χ1) is 10.0. The summed E-state index contributed by atoms with van der Waals surface area (Å²) in [5.41, 5.74) is 7.55. The van der Waals surface area contributed by atoms with E-state index in [0.29, 0.717) is 0 Å². The summed E-state index contributed by atoms with van der Waals surface area (Å²) in [6.45, 7) is 7.37. The Morgan fingerprint density at radius 1 is 1.05 bits per heavy atom. The fourth-order valence-electron chi connectivity index (χ4n) is 3.03. The molecule has 1 aliphatic rings. The first-order valence-electron chi connectivity index (χ1n) is 7.64. The van der Waals surface area contributed by atoms with Gasteiger partial charge in [0.25, 0.3) is 0 Å². The first kappa shape index (κ1) is 14.6. The third-order valence-corrected chi connectivity index (χ3v) is 4.46. The number of hydrogen-bond acceptors (Lipinski definition) is 1. The molecule has 0 aliphatic heterocycles. The van der Waals surface area contributed by atoms with E-state index in [0.717, 1.165) is 23.2 Å². The molecule has 0 unspecified atom stereocenters. The lowest BCUT2D eigenvalue weighted by molar-refractivity contribution is 0.688. The van der Waals surface area contributed by atoms with Crippen molar-refractivity contribution in [3.05, 3.63) is 57.6 Å². The minimum Gasteiger partial charge on any atom is -0.310 e. The summed E-state index contributed by atoms with van der Waals surface area (Å²) >= 11 is 6.55. The smallest absolute Gasteiger partial charge is 0.0487 e. The largest absolute Gasteiger partial charge is 0.310 e. The van der Waals surface area contributed by atoms with Crippen LogP contribution in [0.25, 0.3) is 11.1 Å². The maximum absolute atomic E-state index is 6.55. The lowest BCUT2D eigenvalue weighted by atomic mass is 9.93. The molecule has 2 heteroatoms. The number of nitrogens with one attached hydrogen (secondary N) is 1. The number of benzene rings is 2. The zero-order valence-electron chi connectivity index (χ0n) is 13.0. The van der Waals surface area contributed by atoms with E-state index in [1.807, 2.05) is 0 Å². The van der Waals surface area contributed by atoms with E-state index in [9.17, 15) is 0 Å². The van der Waals surface area contributed by atoms with Gasteiger partial charge >= 0.3 is 0 Å². The molecule has 2 aromatic carbocycles. The highest BCUT2D eigenvalue weighted by molar-refractivity contribution is 6.33. The molecule has 1 fully saturated rings. The van der Waals surface area contributed by atoms with Crippen LogP contribution in [0, 0.1) is 20.8 Å². The van der Waals surface area contributed by atoms with Crippen molar-refractivity contribution < 1.29 is 0 Å². The monoisotopic (exact) mass is 299 g/mol. The first-order valence-corrected chi connectivity index (χ1v) is 8.02. The summed E-state index contributed by atoms with van der Waals surface area (Å²) in [6.07, 6.45) is 2.63. The second kappa shape index (κ2) is 5.82. The quantitative estimate of drug-likeness (QED) is 0.820. The second-order valence-electron chi connectivity index (χ2n) is 6.24. The van der Waals surface area contributed by atoms with Crippen LogP contribution < -0.4 is 5.32 Å². The Hall–Kier alpha value is -1.31. The van der Waals surface area contributed by atoms with Crippen molar-refractivity contribution in [3.8, 4) is 11.1 Å². The average molecular weight is 300 g/mol. The number of aryl methyl sites for hydroxylation is 3. The summed E-state index contributed by atoms with van der Waals surface area (Å²) in [5.74, 6) is 0. The molecule has 0 saturated heterocycles. The third-order valence-electron chi connectivity index (χ3n) is 4.15. The molecule has 0 spiro atoms. The molecule has 21 heavy (non-hydrogen) atoms. The molecule has 1 aliphatic carbocycles. The molecular weight excluding hydrogens is 278 g/mol. The number of halogens is 1. The van der Waals surface area contributed by atoms with Gasteiger partial charge in [-0.1, -0.05) is 41.4 Å². The Balaban J connectivity index is 1.91. The van der Waals surface area contributed by atoms with Crippen LogP contribution in [0.3, 0.4) is 0 Å². The van der Waals surface area contributed by atoms with E-state index in [-0.39, 0.29) is 0 Å². The Bertz CT molecular complexity index is 648. The summed E-state index contributed by atoms with van der Waals surface area (Å²) in [6, 6.07) is 11.6. The molecule has 110 valence electrons. The molecule has 1 nitrogen and oxygen atoms in total. The molecule has 0 heterocycles. The Morgan fingerprint density at radius 3 is 2.29 bits per heavy atom. The minimum atomic E-state index is 0.727. The van der Waals surface area contributed by atoms with Gasteiger partial charge in [-0.2, -0.15) is 0 Å². The maximum atomic E-state index is 6.55. The molecule has 0 atom stereocenters. The fourth-order valence-corrected chi connectivity index (χ4v) is 3.32. The summed E-state index contributed by atoms with van der Waals surface area (Å²) in [4.78, 5) is 0. The lowest BCUT2D eigenvalue weighted by Crippen LogP contribution is -2.15. The van der Waals surface area contributed by atoms with Gasteiger partial charge in [0.15, 0.2) is 0 Å². The van der Waals surface area contributed by atoms with Crippen molar-refractivity contribution in [3.63, 3.8) is 0 Å². The van der Waals surface area contributed by atoms with Gasteiger partial charge in [-0.15, -0.1) is 0 Å². The second-order valence-corrected chi connectivity index (χ2v) is 6.65. The Labute approximate surface area is 132 Å². The SMILES string of the molecule is Cc1cc(C)c(-c2ccc(CNC3CC3)cc2Cl)c(C)c1. The molecule has 0 radical (unpaired) electrons. The molecule has 1 N–H and O–H groups in total. The molecule has 1 saturated carbocycles. The van der Waals surface area contributed by atoms with E-state index in [1.54, 1.807) is 0 Å². The van der Waals surface area contributed by atoms with E-state index in [1.165, 1.54) is 40.7 Å². The Kier molecular flexibility index (Phi) is 4.05. The highest BCUT2D eigenvalue weighted by atomic mass is 35.5.